The molecule has 0 N–H and O–H groups in total. The van der Waals surface area contributed by atoms with E-state index in [1.807, 2.05) is 13.0 Å². The van der Waals surface area contributed by atoms with Crippen molar-refractivity contribution in [3.8, 4) is 16.4 Å². The lowest BCUT2D eigenvalue weighted by Crippen LogP contribution is -2.10. The van der Waals surface area contributed by atoms with Gasteiger partial charge in [0.2, 0.25) is 5.13 Å². The molecule has 0 aliphatic carbocycles. The molecule has 3 aromatic rings. The lowest BCUT2D eigenvalue weighted by molar-refractivity contribution is 0.0590. The molecule has 2 aromatic heterocycles. The summed E-state index contributed by atoms with van der Waals surface area (Å²) in [5.41, 5.74) is 2.72. The van der Waals surface area contributed by atoms with E-state index in [4.69, 9.17) is 32.9 Å². The van der Waals surface area contributed by atoms with Crippen LogP contribution in [0.25, 0.3) is 16.4 Å². The van der Waals surface area contributed by atoms with Crippen molar-refractivity contribution in [1.82, 2.24) is 14.8 Å². The third-order valence-electron chi connectivity index (χ3n) is 4.07. The van der Waals surface area contributed by atoms with E-state index in [2.05, 4.69) is 18.9 Å². The summed E-state index contributed by atoms with van der Waals surface area (Å²) in [5, 5.41) is 6.41. The normalized spacial score (nSPS) is 12.2. The molecule has 28 heavy (non-hydrogen) atoms. The van der Waals surface area contributed by atoms with Crippen LogP contribution in [0.4, 0.5) is 0 Å². The van der Waals surface area contributed by atoms with E-state index >= 15 is 0 Å². The first-order chi connectivity index (χ1) is 13.3. The van der Waals surface area contributed by atoms with E-state index in [0.717, 1.165) is 21.9 Å². The number of thiazole rings is 1. The largest absolute Gasteiger partial charge is 0.464 e. The van der Waals surface area contributed by atoms with E-state index in [0.29, 0.717) is 31.8 Å². The highest BCUT2D eigenvalue weighted by Crippen LogP contribution is 2.41. The standard InChI is InChI=1S/C19H19Cl2N3O2S2/c1-5-11(3)27-18-16(12-6-7-13(20)14(21)9-12)22-19(28-18)24-15(17(25)26-4)8-10(2)23-24/h6-9,11H,5H2,1-4H3. The van der Waals surface area contributed by atoms with Gasteiger partial charge in [0.25, 0.3) is 0 Å². The number of nitrogens with zero attached hydrogens (tertiary/aromatic N) is 3. The molecule has 0 radical (unpaired) electrons. The Kier molecular flexibility index (Phi) is 6.70. The summed E-state index contributed by atoms with van der Waals surface area (Å²) in [4.78, 5) is 16.9. The molecule has 1 atom stereocenters. The van der Waals surface area contributed by atoms with Gasteiger partial charge in [0.15, 0.2) is 5.69 Å². The van der Waals surface area contributed by atoms with Gasteiger partial charge < -0.3 is 4.74 Å². The molecule has 1 aromatic carbocycles. The number of aryl methyl sites for hydroxylation is 1. The average molecular weight is 456 g/mol. The molecule has 5 nitrogen and oxygen atoms in total. The molecule has 0 bridgehead atoms. The van der Waals surface area contributed by atoms with Crippen molar-refractivity contribution in [3.05, 3.63) is 45.7 Å². The molecule has 0 saturated carbocycles. The van der Waals surface area contributed by atoms with Gasteiger partial charge in [-0.2, -0.15) is 9.78 Å². The minimum Gasteiger partial charge on any atom is -0.464 e. The number of rotatable bonds is 6. The molecule has 0 saturated heterocycles. The fourth-order valence-corrected chi connectivity index (χ4v) is 5.26. The van der Waals surface area contributed by atoms with Gasteiger partial charge in [-0.25, -0.2) is 9.78 Å². The number of carbonyl (C=O) groups is 1. The third-order valence-corrected chi connectivity index (χ3v) is 7.31. The van der Waals surface area contributed by atoms with Gasteiger partial charge in [-0.15, -0.1) is 11.8 Å². The Labute approximate surface area is 182 Å². The Morgan fingerprint density at radius 1 is 1.32 bits per heavy atom. The summed E-state index contributed by atoms with van der Waals surface area (Å²) in [6.07, 6.45) is 1.02. The van der Waals surface area contributed by atoms with Gasteiger partial charge in [-0.1, -0.05) is 54.5 Å². The number of carbonyl (C=O) groups excluding carboxylic acids is 1. The molecule has 0 spiro atoms. The van der Waals surface area contributed by atoms with Crippen LogP contribution in [0.2, 0.25) is 10.0 Å². The van der Waals surface area contributed by atoms with Gasteiger partial charge in [0, 0.05) is 10.8 Å². The second kappa shape index (κ2) is 8.86. The lowest BCUT2D eigenvalue weighted by atomic mass is 10.2. The van der Waals surface area contributed by atoms with Crippen LogP contribution in [0.3, 0.4) is 0 Å². The molecule has 1 unspecified atom stereocenters. The zero-order valence-electron chi connectivity index (χ0n) is 15.8. The summed E-state index contributed by atoms with van der Waals surface area (Å²) in [7, 11) is 1.35. The first-order valence-electron chi connectivity index (χ1n) is 8.62. The fourth-order valence-electron chi connectivity index (χ4n) is 2.45. The van der Waals surface area contributed by atoms with Gasteiger partial charge in [0.05, 0.1) is 32.8 Å². The smallest absolute Gasteiger partial charge is 0.356 e. The van der Waals surface area contributed by atoms with Crippen molar-refractivity contribution < 1.29 is 9.53 Å². The van der Waals surface area contributed by atoms with Crippen LogP contribution in [0.1, 0.15) is 36.5 Å². The summed E-state index contributed by atoms with van der Waals surface area (Å²) < 4.78 is 7.45. The molecule has 9 heteroatoms. The Morgan fingerprint density at radius 3 is 2.71 bits per heavy atom. The van der Waals surface area contributed by atoms with Crippen molar-refractivity contribution in [1.29, 1.82) is 0 Å². The zero-order chi connectivity index (χ0) is 20.4. The van der Waals surface area contributed by atoms with Gasteiger partial charge in [-0.3, -0.25) is 0 Å². The maximum Gasteiger partial charge on any atom is 0.356 e. The van der Waals surface area contributed by atoms with E-state index in [1.165, 1.54) is 23.1 Å². The van der Waals surface area contributed by atoms with E-state index in [-0.39, 0.29) is 0 Å². The van der Waals surface area contributed by atoms with Crippen molar-refractivity contribution in [2.24, 2.45) is 0 Å². The van der Waals surface area contributed by atoms with Crippen LogP contribution in [0.5, 0.6) is 0 Å². The Bertz CT molecular complexity index is 1020. The Hall–Kier alpha value is -1.54. The first-order valence-corrected chi connectivity index (χ1v) is 11.1. The van der Waals surface area contributed by atoms with E-state index < -0.39 is 5.97 Å². The lowest BCUT2D eigenvalue weighted by Gasteiger charge is -2.08. The van der Waals surface area contributed by atoms with Crippen LogP contribution >= 0.6 is 46.3 Å². The number of hydrogen-bond donors (Lipinski definition) is 0. The second-order valence-electron chi connectivity index (χ2n) is 6.17. The van der Waals surface area contributed by atoms with Crippen molar-refractivity contribution in [2.45, 2.75) is 36.7 Å². The second-order valence-corrected chi connectivity index (χ2v) is 9.67. The van der Waals surface area contributed by atoms with Gasteiger partial charge in [0.1, 0.15) is 0 Å². The van der Waals surface area contributed by atoms with Crippen LogP contribution in [0, 0.1) is 6.92 Å². The van der Waals surface area contributed by atoms with Gasteiger partial charge >= 0.3 is 5.97 Å². The van der Waals surface area contributed by atoms with Crippen molar-refractivity contribution >= 4 is 52.3 Å². The quantitative estimate of drug-likeness (QED) is 0.322. The molecular weight excluding hydrogens is 437 g/mol. The Morgan fingerprint density at radius 2 is 2.07 bits per heavy atom. The summed E-state index contributed by atoms with van der Waals surface area (Å²) in [6, 6.07) is 7.14. The van der Waals surface area contributed by atoms with Crippen LogP contribution in [-0.4, -0.2) is 33.1 Å². The highest BCUT2D eigenvalue weighted by Gasteiger charge is 2.22. The topological polar surface area (TPSA) is 57.0 Å². The Balaban J connectivity index is 2.14. The van der Waals surface area contributed by atoms with E-state index in [9.17, 15) is 4.79 Å². The third kappa shape index (κ3) is 4.38. The molecule has 2 heterocycles. The fraction of sp³-hybridized carbons (Fsp3) is 0.316. The number of benzene rings is 1. The predicted octanol–water partition coefficient (Wildman–Crippen LogP) is 6.29. The number of ether oxygens (including phenoxy) is 1. The zero-order valence-corrected chi connectivity index (χ0v) is 19.0. The van der Waals surface area contributed by atoms with Crippen LogP contribution in [0.15, 0.2) is 28.5 Å². The highest BCUT2D eigenvalue weighted by molar-refractivity contribution is 8.01. The summed E-state index contributed by atoms with van der Waals surface area (Å²) in [5.74, 6) is -0.456. The van der Waals surface area contributed by atoms with E-state index in [1.54, 1.807) is 30.0 Å². The molecule has 0 amide bonds. The SMILES string of the molecule is CCC(C)Sc1sc(-n2nc(C)cc2C(=O)OC)nc1-c1ccc(Cl)c(Cl)c1. The van der Waals surface area contributed by atoms with Crippen LogP contribution < -0.4 is 0 Å². The summed E-state index contributed by atoms with van der Waals surface area (Å²) in [6.45, 7) is 6.14. The molecule has 0 aliphatic rings. The minimum atomic E-state index is -0.456. The van der Waals surface area contributed by atoms with Crippen molar-refractivity contribution in [3.63, 3.8) is 0 Å². The molecule has 148 valence electrons. The first kappa shape index (κ1) is 21.2. The molecule has 3 rings (SSSR count). The van der Waals surface area contributed by atoms with Crippen molar-refractivity contribution in [2.75, 3.05) is 7.11 Å². The maximum absolute atomic E-state index is 12.1. The monoisotopic (exact) mass is 455 g/mol. The number of esters is 1. The highest BCUT2D eigenvalue weighted by atomic mass is 35.5. The number of hydrogen-bond acceptors (Lipinski definition) is 6. The van der Waals surface area contributed by atoms with Crippen LogP contribution in [-0.2, 0) is 4.74 Å². The predicted molar refractivity (Wildman–Crippen MR) is 116 cm³/mol. The summed E-state index contributed by atoms with van der Waals surface area (Å²) >= 11 is 15.5. The van der Waals surface area contributed by atoms with Gasteiger partial charge in [-0.05, 0) is 31.5 Å². The molecule has 0 fully saturated rings. The molecule has 0 aliphatic heterocycles. The number of aromatic nitrogens is 3. The molecular formula is C19H19Cl2N3O2S2. The number of methoxy groups -OCH3 is 1. The number of thioether (sulfide) groups is 1. The average Bonchev–Trinajstić information content (AvgIpc) is 3.26. The number of halogens is 2. The minimum absolute atomic E-state index is 0.342. The maximum atomic E-state index is 12.1.